The Kier molecular flexibility index (Phi) is 2.63. The van der Waals surface area contributed by atoms with Gasteiger partial charge in [0.15, 0.2) is 0 Å². The first-order valence-corrected chi connectivity index (χ1v) is 3.76. The second-order valence-electron chi connectivity index (χ2n) is 2.41. The van der Waals surface area contributed by atoms with Crippen molar-refractivity contribution in [3.63, 3.8) is 0 Å². The third-order valence-electron chi connectivity index (χ3n) is 1.57. The summed E-state index contributed by atoms with van der Waals surface area (Å²) in [5.41, 5.74) is 7.69. The van der Waals surface area contributed by atoms with Gasteiger partial charge < -0.3 is 11.6 Å². The molecule has 0 atom stereocenters. The van der Waals surface area contributed by atoms with E-state index in [0.29, 0.717) is 5.69 Å². The molecule has 1 aromatic heterocycles. The quantitative estimate of drug-likeness (QED) is 0.384. The summed E-state index contributed by atoms with van der Waals surface area (Å²) in [6.45, 7) is 1.98. The molecule has 0 amide bonds. The summed E-state index contributed by atoms with van der Waals surface area (Å²) in [4.78, 5) is 4.08. The molecule has 1 aromatic rings. The van der Waals surface area contributed by atoms with Crippen molar-refractivity contribution in [3.05, 3.63) is 24.0 Å². The standard InChI is InChI=1S/C8H12N4/c1-2-7(12-10)8-4-3-6(9)5-11-8/h3-5H,2,9-10H2,1H3. The Morgan fingerprint density at radius 1 is 1.58 bits per heavy atom. The molecule has 0 aliphatic heterocycles. The molecule has 64 valence electrons. The van der Waals surface area contributed by atoms with Crippen LogP contribution in [0.4, 0.5) is 5.69 Å². The van der Waals surface area contributed by atoms with Gasteiger partial charge in [-0.25, -0.2) is 0 Å². The van der Waals surface area contributed by atoms with E-state index in [1.807, 2.05) is 13.0 Å². The van der Waals surface area contributed by atoms with E-state index in [1.165, 1.54) is 0 Å². The lowest BCUT2D eigenvalue weighted by Gasteiger charge is -2.00. The number of aromatic nitrogens is 1. The van der Waals surface area contributed by atoms with Crippen molar-refractivity contribution in [1.29, 1.82) is 0 Å². The van der Waals surface area contributed by atoms with E-state index in [-0.39, 0.29) is 0 Å². The smallest absolute Gasteiger partial charge is 0.0863 e. The van der Waals surface area contributed by atoms with Crippen LogP contribution in [0.25, 0.3) is 0 Å². The topological polar surface area (TPSA) is 77.3 Å². The molecule has 0 aromatic carbocycles. The van der Waals surface area contributed by atoms with Crippen LogP contribution < -0.4 is 11.6 Å². The first-order valence-electron chi connectivity index (χ1n) is 3.76. The molecule has 4 heteroatoms. The first-order chi connectivity index (χ1) is 5.77. The number of hydrogen-bond donors (Lipinski definition) is 2. The van der Waals surface area contributed by atoms with E-state index in [4.69, 9.17) is 11.6 Å². The summed E-state index contributed by atoms with van der Waals surface area (Å²) < 4.78 is 0. The predicted molar refractivity (Wildman–Crippen MR) is 49.7 cm³/mol. The van der Waals surface area contributed by atoms with Gasteiger partial charge in [0, 0.05) is 0 Å². The molecule has 0 bridgehead atoms. The fourth-order valence-corrected chi connectivity index (χ4v) is 0.915. The summed E-state index contributed by atoms with van der Waals surface area (Å²) in [6, 6.07) is 3.59. The average Bonchev–Trinajstić information content (AvgIpc) is 2.10. The number of rotatable bonds is 2. The Hall–Kier alpha value is -1.58. The number of nitrogens with zero attached hydrogens (tertiary/aromatic N) is 2. The van der Waals surface area contributed by atoms with E-state index in [1.54, 1.807) is 12.3 Å². The Morgan fingerprint density at radius 3 is 2.75 bits per heavy atom. The maximum absolute atomic E-state index is 5.48. The molecular formula is C8H12N4. The molecule has 0 unspecified atom stereocenters. The largest absolute Gasteiger partial charge is 0.397 e. The number of hydrazone groups is 1. The van der Waals surface area contributed by atoms with Crippen molar-refractivity contribution in [3.8, 4) is 0 Å². The van der Waals surface area contributed by atoms with Crippen LogP contribution in [0.1, 0.15) is 19.0 Å². The lowest BCUT2D eigenvalue weighted by atomic mass is 10.2. The summed E-state index contributed by atoms with van der Waals surface area (Å²) in [5.74, 6) is 5.17. The Labute approximate surface area is 71.3 Å². The zero-order chi connectivity index (χ0) is 8.97. The van der Waals surface area contributed by atoms with Crippen molar-refractivity contribution < 1.29 is 0 Å². The second kappa shape index (κ2) is 3.71. The van der Waals surface area contributed by atoms with Gasteiger partial charge in [0.25, 0.3) is 0 Å². The Bertz CT molecular complexity index is 276. The highest BCUT2D eigenvalue weighted by molar-refractivity contribution is 5.98. The van der Waals surface area contributed by atoms with E-state index < -0.39 is 0 Å². The van der Waals surface area contributed by atoms with E-state index in [2.05, 4.69) is 10.1 Å². The van der Waals surface area contributed by atoms with E-state index in [0.717, 1.165) is 17.8 Å². The minimum atomic E-state index is 0.645. The van der Waals surface area contributed by atoms with Crippen LogP contribution in [-0.4, -0.2) is 10.7 Å². The normalized spacial score (nSPS) is 11.6. The number of anilines is 1. The highest BCUT2D eigenvalue weighted by atomic mass is 15.1. The molecule has 1 rings (SSSR count). The van der Waals surface area contributed by atoms with Crippen LogP contribution in [-0.2, 0) is 0 Å². The fourth-order valence-electron chi connectivity index (χ4n) is 0.915. The van der Waals surface area contributed by atoms with Crippen LogP contribution >= 0.6 is 0 Å². The van der Waals surface area contributed by atoms with E-state index in [9.17, 15) is 0 Å². The molecule has 0 saturated carbocycles. The van der Waals surface area contributed by atoms with Gasteiger partial charge >= 0.3 is 0 Å². The summed E-state index contributed by atoms with van der Waals surface area (Å²) >= 11 is 0. The molecule has 4 N–H and O–H groups in total. The molecule has 1 heterocycles. The van der Waals surface area contributed by atoms with Crippen LogP contribution in [0.15, 0.2) is 23.4 Å². The molecule has 0 fully saturated rings. The lowest BCUT2D eigenvalue weighted by Crippen LogP contribution is -2.05. The predicted octanol–water partition coefficient (Wildman–Crippen LogP) is 0.737. The first kappa shape index (κ1) is 8.52. The molecule has 4 nitrogen and oxygen atoms in total. The van der Waals surface area contributed by atoms with Crippen molar-refractivity contribution >= 4 is 11.4 Å². The second-order valence-corrected chi connectivity index (χ2v) is 2.41. The monoisotopic (exact) mass is 164 g/mol. The van der Waals surface area contributed by atoms with Crippen LogP contribution in [0.2, 0.25) is 0 Å². The summed E-state index contributed by atoms with van der Waals surface area (Å²) in [5, 5.41) is 3.62. The molecule has 0 spiro atoms. The highest BCUT2D eigenvalue weighted by Crippen LogP contribution is 2.03. The summed E-state index contributed by atoms with van der Waals surface area (Å²) in [6.07, 6.45) is 2.36. The van der Waals surface area contributed by atoms with Gasteiger partial charge in [0.05, 0.1) is 23.3 Å². The maximum atomic E-state index is 5.48. The van der Waals surface area contributed by atoms with Gasteiger partial charge in [-0.3, -0.25) is 4.98 Å². The number of nitrogens with two attached hydrogens (primary N) is 2. The highest BCUT2D eigenvalue weighted by Gasteiger charge is 2.00. The van der Waals surface area contributed by atoms with E-state index >= 15 is 0 Å². The number of hydrogen-bond acceptors (Lipinski definition) is 4. The number of pyridine rings is 1. The van der Waals surface area contributed by atoms with Crippen molar-refractivity contribution in [2.45, 2.75) is 13.3 Å². The average molecular weight is 164 g/mol. The minimum absolute atomic E-state index is 0.645. The van der Waals surface area contributed by atoms with Gasteiger partial charge in [-0.1, -0.05) is 6.92 Å². The fraction of sp³-hybridized carbons (Fsp3) is 0.250. The Morgan fingerprint density at radius 2 is 2.33 bits per heavy atom. The van der Waals surface area contributed by atoms with Gasteiger partial charge in [-0.05, 0) is 18.6 Å². The zero-order valence-electron chi connectivity index (χ0n) is 6.99. The van der Waals surface area contributed by atoms with Crippen molar-refractivity contribution in [2.24, 2.45) is 10.9 Å². The molecule has 0 aliphatic carbocycles. The van der Waals surface area contributed by atoms with Crippen molar-refractivity contribution in [2.75, 3.05) is 5.73 Å². The van der Waals surface area contributed by atoms with Crippen molar-refractivity contribution in [1.82, 2.24) is 4.98 Å². The molecule has 12 heavy (non-hydrogen) atoms. The van der Waals surface area contributed by atoms with Gasteiger partial charge in [0.1, 0.15) is 0 Å². The minimum Gasteiger partial charge on any atom is -0.397 e. The zero-order valence-corrected chi connectivity index (χ0v) is 6.99. The lowest BCUT2D eigenvalue weighted by molar-refractivity contribution is 1.14. The van der Waals surface area contributed by atoms with Crippen LogP contribution in [0, 0.1) is 0 Å². The summed E-state index contributed by atoms with van der Waals surface area (Å²) in [7, 11) is 0. The Balaban J connectivity index is 2.96. The van der Waals surface area contributed by atoms with Crippen LogP contribution in [0.5, 0.6) is 0 Å². The third-order valence-corrected chi connectivity index (χ3v) is 1.57. The molecule has 0 aliphatic rings. The SMILES string of the molecule is CCC(=NN)c1ccc(N)cn1. The van der Waals surface area contributed by atoms with Gasteiger partial charge in [-0.15, -0.1) is 0 Å². The van der Waals surface area contributed by atoms with Crippen LogP contribution in [0.3, 0.4) is 0 Å². The van der Waals surface area contributed by atoms with Gasteiger partial charge in [0.2, 0.25) is 0 Å². The number of nitrogen functional groups attached to an aromatic ring is 1. The van der Waals surface area contributed by atoms with Gasteiger partial charge in [-0.2, -0.15) is 5.10 Å². The molecule has 0 radical (unpaired) electrons. The molecular weight excluding hydrogens is 152 g/mol. The maximum Gasteiger partial charge on any atom is 0.0863 e. The third kappa shape index (κ3) is 1.72. The molecule has 0 saturated heterocycles.